The summed E-state index contributed by atoms with van der Waals surface area (Å²) in [5.41, 5.74) is 4.87. The third-order valence-electron chi connectivity index (χ3n) is 4.01. The lowest BCUT2D eigenvalue weighted by molar-refractivity contribution is 0.102. The summed E-state index contributed by atoms with van der Waals surface area (Å²) >= 11 is 0. The third-order valence-corrected chi connectivity index (χ3v) is 4.01. The summed E-state index contributed by atoms with van der Waals surface area (Å²) in [6.45, 7) is 4.21. The lowest BCUT2D eigenvalue weighted by Gasteiger charge is -2.13. The van der Waals surface area contributed by atoms with Crippen molar-refractivity contribution in [3.63, 3.8) is 0 Å². The molecule has 1 amide bonds. The zero-order valence-corrected chi connectivity index (χ0v) is 12.9. The van der Waals surface area contributed by atoms with E-state index in [1.807, 2.05) is 30.3 Å². The number of H-pyrrole nitrogens is 1. The Hall–Kier alpha value is -2.55. The number of hydrogen-bond acceptors (Lipinski definition) is 1. The van der Waals surface area contributed by atoms with Crippen molar-refractivity contribution in [2.45, 2.75) is 26.7 Å². The highest BCUT2D eigenvalue weighted by Crippen LogP contribution is 2.24. The Balaban J connectivity index is 1.94. The maximum absolute atomic E-state index is 12.6. The molecule has 3 nitrogen and oxygen atoms in total. The first-order valence-electron chi connectivity index (χ1n) is 7.72. The first-order chi connectivity index (χ1) is 10.7. The van der Waals surface area contributed by atoms with E-state index in [4.69, 9.17) is 0 Å². The van der Waals surface area contributed by atoms with Gasteiger partial charge in [0, 0.05) is 16.6 Å². The minimum absolute atomic E-state index is 0.0909. The molecule has 22 heavy (non-hydrogen) atoms. The maximum atomic E-state index is 12.6. The molecule has 2 N–H and O–H groups in total. The van der Waals surface area contributed by atoms with Crippen LogP contribution in [0.1, 0.15) is 35.5 Å². The summed E-state index contributed by atoms with van der Waals surface area (Å²) in [6.07, 6.45) is 1.80. The first kappa shape index (κ1) is 14.4. The highest BCUT2D eigenvalue weighted by Gasteiger charge is 2.13. The molecular weight excluding hydrogens is 272 g/mol. The van der Waals surface area contributed by atoms with E-state index in [9.17, 15) is 4.79 Å². The zero-order valence-electron chi connectivity index (χ0n) is 12.9. The smallest absolute Gasteiger partial charge is 0.272 e. The molecule has 1 heterocycles. The van der Waals surface area contributed by atoms with Gasteiger partial charge in [0.1, 0.15) is 5.69 Å². The van der Waals surface area contributed by atoms with Gasteiger partial charge in [-0.15, -0.1) is 0 Å². The van der Waals surface area contributed by atoms with Crippen molar-refractivity contribution >= 4 is 22.5 Å². The summed E-state index contributed by atoms with van der Waals surface area (Å²) in [7, 11) is 0. The molecule has 0 bridgehead atoms. The van der Waals surface area contributed by atoms with E-state index in [-0.39, 0.29) is 5.91 Å². The quantitative estimate of drug-likeness (QED) is 0.728. The molecule has 0 aliphatic heterocycles. The van der Waals surface area contributed by atoms with Crippen LogP contribution in [0, 0.1) is 0 Å². The minimum atomic E-state index is -0.0909. The molecule has 0 unspecified atom stereocenters. The maximum Gasteiger partial charge on any atom is 0.272 e. The van der Waals surface area contributed by atoms with Gasteiger partial charge in [-0.25, -0.2) is 0 Å². The molecule has 3 rings (SSSR count). The van der Waals surface area contributed by atoms with Gasteiger partial charge in [0.15, 0.2) is 0 Å². The molecule has 0 fully saturated rings. The summed E-state index contributed by atoms with van der Waals surface area (Å²) in [4.78, 5) is 15.8. The number of aromatic nitrogens is 1. The van der Waals surface area contributed by atoms with Crippen LogP contribution in [0.2, 0.25) is 0 Å². The van der Waals surface area contributed by atoms with Crippen LogP contribution in [-0.2, 0) is 12.8 Å². The van der Waals surface area contributed by atoms with E-state index in [2.05, 4.69) is 42.3 Å². The molecule has 3 heteroatoms. The Morgan fingerprint density at radius 3 is 2.32 bits per heavy atom. The van der Waals surface area contributed by atoms with Crippen LogP contribution < -0.4 is 5.32 Å². The second kappa shape index (κ2) is 6.06. The number of para-hydroxylation sites is 2. The number of nitrogens with one attached hydrogen (secondary N) is 2. The largest absolute Gasteiger partial charge is 0.351 e. The highest BCUT2D eigenvalue weighted by atomic mass is 16.1. The van der Waals surface area contributed by atoms with Gasteiger partial charge < -0.3 is 10.3 Å². The number of hydrogen-bond donors (Lipinski definition) is 2. The van der Waals surface area contributed by atoms with Crippen molar-refractivity contribution < 1.29 is 4.79 Å². The van der Waals surface area contributed by atoms with E-state index in [0.29, 0.717) is 5.69 Å². The van der Waals surface area contributed by atoms with Crippen LogP contribution in [0.3, 0.4) is 0 Å². The number of rotatable bonds is 4. The van der Waals surface area contributed by atoms with Crippen LogP contribution >= 0.6 is 0 Å². The number of carbonyl (C=O) groups is 1. The standard InChI is InChI=1S/C19H20N2O/c1-3-13-9-7-10-14(4-2)18(13)21-19(22)17-12-15-8-5-6-11-16(15)20-17/h5-12,20H,3-4H2,1-2H3,(H,21,22). The Labute approximate surface area is 130 Å². The summed E-state index contributed by atoms with van der Waals surface area (Å²) < 4.78 is 0. The van der Waals surface area contributed by atoms with Crippen LogP contribution in [-0.4, -0.2) is 10.9 Å². The van der Waals surface area contributed by atoms with Crippen LogP contribution in [0.15, 0.2) is 48.5 Å². The second-order valence-electron chi connectivity index (χ2n) is 5.38. The van der Waals surface area contributed by atoms with E-state index >= 15 is 0 Å². The van der Waals surface area contributed by atoms with E-state index in [1.54, 1.807) is 0 Å². The number of aryl methyl sites for hydroxylation is 2. The van der Waals surface area contributed by atoms with Crippen LogP contribution in [0.5, 0.6) is 0 Å². The van der Waals surface area contributed by atoms with Crippen LogP contribution in [0.4, 0.5) is 5.69 Å². The number of carbonyl (C=O) groups excluding carboxylic acids is 1. The fraction of sp³-hybridized carbons (Fsp3) is 0.211. The Morgan fingerprint density at radius 1 is 1.00 bits per heavy atom. The minimum Gasteiger partial charge on any atom is -0.351 e. The van der Waals surface area contributed by atoms with Gasteiger partial charge in [-0.3, -0.25) is 4.79 Å². The van der Waals surface area contributed by atoms with Gasteiger partial charge in [0.05, 0.1) is 0 Å². The highest BCUT2D eigenvalue weighted by molar-refractivity contribution is 6.06. The SMILES string of the molecule is CCc1cccc(CC)c1NC(=O)c1cc2ccccc2[nH]1. The topological polar surface area (TPSA) is 44.9 Å². The number of benzene rings is 2. The molecule has 0 atom stereocenters. The average Bonchev–Trinajstić information content (AvgIpc) is 2.99. The van der Waals surface area contributed by atoms with Gasteiger partial charge in [-0.05, 0) is 36.1 Å². The Bertz CT molecular complexity index is 762. The zero-order chi connectivity index (χ0) is 15.5. The van der Waals surface area contributed by atoms with Crippen LogP contribution in [0.25, 0.3) is 10.9 Å². The fourth-order valence-electron chi connectivity index (χ4n) is 2.78. The third kappa shape index (κ3) is 2.62. The van der Waals surface area contributed by atoms with E-state index < -0.39 is 0 Å². The van der Waals surface area contributed by atoms with E-state index in [0.717, 1.165) is 29.4 Å². The van der Waals surface area contributed by atoms with Gasteiger partial charge >= 0.3 is 0 Å². The molecule has 2 aromatic carbocycles. The van der Waals surface area contributed by atoms with Gasteiger partial charge in [0.2, 0.25) is 0 Å². The number of fused-ring (bicyclic) bond motifs is 1. The van der Waals surface area contributed by atoms with Gasteiger partial charge in [-0.1, -0.05) is 50.2 Å². The summed E-state index contributed by atoms with van der Waals surface area (Å²) in [5.74, 6) is -0.0909. The van der Waals surface area contributed by atoms with Crippen molar-refractivity contribution in [2.24, 2.45) is 0 Å². The number of aromatic amines is 1. The van der Waals surface area contributed by atoms with Crippen molar-refractivity contribution in [1.82, 2.24) is 4.98 Å². The molecule has 0 aliphatic rings. The summed E-state index contributed by atoms with van der Waals surface area (Å²) in [6, 6.07) is 16.0. The van der Waals surface area contributed by atoms with Crippen molar-refractivity contribution in [1.29, 1.82) is 0 Å². The molecule has 0 saturated carbocycles. The molecule has 0 saturated heterocycles. The number of anilines is 1. The molecule has 0 spiro atoms. The Kier molecular flexibility index (Phi) is 3.96. The normalized spacial score (nSPS) is 10.8. The average molecular weight is 292 g/mol. The second-order valence-corrected chi connectivity index (χ2v) is 5.38. The lowest BCUT2D eigenvalue weighted by atomic mass is 10.0. The lowest BCUT2D eigenvalue weighted by Crippen LogP contribution is -2.15. The fourth-order valence-corrected chi connectivity index (χ4v) is 2.78. The van der Waals surface area contributed by atoms with Crippen molar-refractivity contribution in [3.8, 4) is 0 Å². The van der Waals surface area contributed by atoms with Gasteiger partial charge in [-0.2, -0.15) is 0 Å². The molecule has 112 valence electrons. The molecule has 3 aromatic rings. The molecular formula is C19H20N2O. The predicted octanol–water partition coefficient (Wildman–Crippen LogP) is 4.55. The predicted molar refractivity (Wildman–Crippen MR) is 91.4 cm³/mol. The molecule has 0 aliphatic carbocycles. The van der Waals surface area contributed by atoms with Gasteiger partial charge in [0.25, 0.3) is 5.91 Å². The van der Waals surface area contributed by atoms with Crippen molar-refractivity contribution in [3.05, 3.63) is 65.4 Å². The summed E-state index contributed by atoms with van der Waals surface area (Å²) in [5, 5.41) is 4.14. The Morgan fingerprint density at radius 2 is 1.68 bits per heavy atom. The molecule has 0 radical (unpaired) electrons. The van der Waals surface area contributed by atoms with E-state index in [1.165, 1.54) is 11.1 Å². The van der Waals surface area contributed by atoms with Crippen molar-refractivity contribution in [2.75, 3.05) is 5.32 Å². The molecule has 1 aromatic heterocycles. The number of amides is 1. The first-order valence-corrected chi connectivity index (χ1v) is 7.72. The monoisotopic (exact) mass is 292 g/mol.